The van der Waals surface area contributed by atoms with Gasteiger partial charge in [0.05, 0.1) is 13.1 Å². The second kappa shape index (κ2) is 5.97. The van der Waals surface area contributed by atoms with Gasteiger partial charge < -0.3 is 10.2 Å². The summed E-state index contributed by atoms with van der Waals surface area (Å²) in [5, 5.41) is 7.43. The highest BCUT2D eigenvalue weighted by molar-refractivity contribution is 7.10. The summed E-state index contributed by atoms with van der Waals surface area (Å²) in [6.07, 6.45) is 0.939. The van der Waals surface area contributed by atoms with E-state index >= 15 is 0 Å². The highest BCUT2D eigenvalue weighted by atomic mass is 32.1. The number of fused-ring (bicyclic) bond motifs is 1. The Morgan fingerprint density at radius 3 is 3.06 bits per heavy atom. The van der Waals surface area contributed by atoms with E-state index in [-0.39, 0.29) is 24.9 Å². The van der Waals surface area contributed by atoms with Crippen LogP contribution in [0.2, 0.25) is 0 Å². The van der Waals surface area contributed by atoms with Crippen molar-refractivity contribution in [1.82, 2.24) is 15.5 Å². The Balaban J connectivity index is 1.79. The van der Waals surface area contributed by atoms with E-state index in [1.54, 1.807) is 18.4 Å². The first-order valence-electron chi connectivity index (χ1n) is 5.95. The number of rotatable bonds is 4. The van der Waals surface area contributed by atoms with Gasteiger partial charge in [0.25, 0.3) is 0 Å². The van der Waals surface area contributed by atoms with Crippen LogP contribution in [0.25, 0.3) is 0 Å². The molecule has 18 heavy (non-hydrogen) atoms. The minimum absolute atomic E-state index is 0.0516. The van der Waals surface area contributed by atoms with E-state index in [4.69, 9.17) is 0 Å². The summed E-state index contributed by atoms with van der Waals surface area (Å²) in [7, 11) is 1.58. The number of thiophene rings is 1. The van der Waals surface area contributed by atoms with Gasteiger partial charge in [-0.05, 0) is 23.4 Å². The number of nitrogens with one attached hydrogen (secondary N) is 2. The molecule has 2 amide bonds. The van der Waals surface area contributed by atoms with Gasteiger partial charge in [-0.15, -0.1) is 11.3 Å². The van der Waals surface area contributed by atoms with Gasteiger partial charge in [0.15, 0.2) is 0 Å². The average Bonchev–Trinajstić information content (AvgIpc) is 2.85. The fourth-order valence-corrected chi connectivity index (χ4v) is 2.83. The van der Waals surface area contributed by atoms with Crippen LogP contribution in [0.15, 0.2) is 11.4 Å². The van der Waals surface area contributed by atoms with Gasteiger partial charge in [-0.3, -0.25) is 14.9 Å². The maximum absolute atomic E-state index is 11.9. The zero-order valence-electron chi connectivity index (χ0n) is 10.4. The van der Waals surface area contributed by atoms with Crippen LogP contribution < -0.4 is 10.6 Å². The molecule has 0 saturated carbocycles. The third-order valence-electron chi connectivity index (χ3n) is 3.00. The molecule has 0 aromatic carbocycles. The molecule has 1 aromatic rings. The van der Waals surface area contributed by atoms with Crippen molar-refractivity contribution in [2.75, 3.05) is 26.7 Å². The van der Waals surface area contributed by atoms with Gasteiger partial charge in [-0.1, -0.05) is 0 Å². The van der Waals surface area contributed by atoms with E-state index in [0.29, 0.717) is 6.54 Å². The van der Waals surface area contributed by atoms with E-state index in [9.17, 15) is 9.59 Å². The van der Waals surface area contributed by atoms with E-state index in [0.717, 1.165) is 13.0 Å². The van der Waals surface area contributed by atoms with Crippen LogP contribution in [0, 0.1) is 0 Å². The predicted molar refractivity (Wildman–Crippen MR) is 70.4 cm³/mol. The van der Waals surface area contributed by atoms with Gasteiger partial charge in [-0.25, -0.2) is 0 Å². The average molecular weight is 267 g/mol. The van der Waals surface area contributed by atoms with E-state index in [1.165, 1.54) is 10.4 Å². The van der Waals surface area contributed by atoms with E-state index in [1.807, 2.05) is 4.90 Å². The Morgan fingerprint density at radius 2 is 2.28 bits per heavy atom. The molecule has 0 bridgehead atoms. The molecule has 98 valence electrons. The molecule has 0 atom stereocenters. The smallest absolute Gasteiger partial charge is 0.236 e. The quantitative estimate of drug-likeness (QED) is 0.805. The van der Waals surface area contributed by atoms with Crippen molar-refractivity contribution in [3.05, 3.63) is 21.9 Å². The Labute approximate surface area is 110 Å². The first kappa shape index (κ1) is 13.0. The predicted octanol–water partition coefficient (Wildman–Crippen LogP) is -0.0316. The van der Waals surface area contributed by atoms with Gasteiger partial charge in [0.2, 0.25) is 11.8 Å². The number of carbonyl (C=O) groups is 2. The van der Waals surface area contributed by atoms with Crippen molar-refractivity contribution in [2.24, 2.45) is 0 Å². The maximum Gasteiger partial charge on any atom is 0.236 e. The van der Waals surface area contributed by atoms with Crippen molar-refractivity contribution in [2.45, 2.75) is 13.0 Å². The molecular formula is C12H17N3O2S. The summed E-state index contributed by atoms with van der Waals surface area (Å²) in [6, 6.07) is 2.08. The normalized spacial score (nSPS) is 14.2. The molecule has 6 heteroatoms. The number of hydrogen-bond acceptors (Lipinski definition) is 4. The van der Waals surface area contributed by atoms with Gasteiger partial charge in [-0.2, -0.15) is 0 Å². The topological polar surface area (TPSA) is 61.4 Å². The Hall–Kier alpha value is -1.40. The van der Waals surface area contributed by atoms with Crippen LogP contribution in [0.5, 0.6) is 0 Å². The molecule has 0 spiro atoms. The lowest BCUT2D eigenvalue weighted by Crippen LogP contribution is -2.42. The SMILES string of the molecule is CNC(=O)CNCC(=O)N1CCc2sccc2C1. The van der Waals surface area contributed by atoms with Crippen molar-refractivity contribution < 1.29 is 9.59 Å². The van der Waals surface area contributed by atoms with E-state index in [2.05, 4.69) is 22.1 Å². The van der Waals surface area contributed by atoms with Crippen molar-refractivity contribution in [1.29, 1.82) is 0 Å². The van der Waals surface area contributed by atoms with Crippen molar-refractivity contribution in [3.8, 4) is 0 Å². The molecule has 0 radical (unpaired) electrons. The number of carbonyl (C=O) groups excluding carboxylic acids is 2. The second-order valence-corrected chi connectivity index (χ2v) is 5.21. The fraction of sp³-hybridized carbons (Fsp3) is 0.500. The molecule has 1 aliphatic heterocycles. The Morgan fingerprint density at radius 1 is 1.44 bits per heavy atom. The Bertz CT molecular complexity index is 444. The number of amides is 2. The molecule has 1 aliphatic rings. The summed E-state index contributed by atoms with van der Waals surface area (Å²) in [6.45, 7) is 1.86. The molecule has 5 nitrogen and oxygen atoms in total. The van der Waals surface area contributed by atoms with Crippen LogP contribution in [-0.4, -0.2) is 43.4 Å². The van der Waals surface area contributed by atoms with Gasteiger partial charge in [0, 0.05) is 25.0 Å². The number of hydrogen-bond donors (Lipinski definition) is 2. The zero-order chi connectivity index (χ0) is 13.0. The molecule has 0 saturated heterocycles. The molecule has 0 unspecified atom stereocenters. The van der Waals surface area contributed by atoms with Crippen LogP contribution in [0.1, 0.15) is 10.4 Å². The van der Waals surface area contributed by atoms with Crippen LogP contribution in [0.4, 0.5) is 0 Å². The minimum atomic E-state index is -0.110. The number of likely N-dealkylation sites (N-methyl/N-ethyl adjacent to an activating group) is 1. The largest absolute Gasteiger partial charge is 0.358 e. The highest BCUT2D eigenvalue weighted by Gasteiger charge is 2.20. The zero-order valence-corrected chi connectivity index (χ0v) is 11.2. The lowest BCUT2D eigenvalue weighted by atomic mass is 10.1. The summed E-state index contributed by atoms with van der Waals surface area (Å²) in [5.41, 5.74) is 1.26. The first-order valence-corrected chi connectivity index (χ1v) is 6.83. The standard InChI is InChI=1S/C12H17N3O2S/c1-13-11(16)6-14-7-12(17)15-4-2-10-9(8-15)3-5-18-10/h3,5,14H,2,4,6-8H2,1H3,(H,13,16). The maximum atomic E-state index is 11.9. The molecule has 1 aromatic heterocycles. The van der Waals surface area contributed by atoms with Gasteiger partial charge in [0.1, 0.15) is 0 Å². The lowest BCUT2D eigenvalue weighted by Gasteiger charge is -2.27. The summed E-state index contributed by atoms with van der Waals surface area (Å²) >= 11 is 1.76. The third kappa shape index (κ3) is 3.08. The summed E-state index contributed by atoms with van der Waals surface area (Å²) in [4.78, 5) is 26.2. The summed E-state index contributed by atoms with van der Waals surface area (Å²) < 4.78 is 0. The van der Waals surface area contributed by atoms with Crippen LogP contribution in [-0.2, 0) is 22.6 Å². The fourth-order valence-electron chi connectivity index (χ4n) is 1.94. The molecule has 2 heterocycles. The minimum Gasteiger partial charge on any atom is -0.358 e. The molecule has 2 rings (SSSR count). The molecule has 0 aliphatic carbocycles. The van der Waals surface area contributed by atoms with E-state index < -0.39 is 0 Å². The van der Waals surface area contributed by atoms with Gasteiger partial charge >= 0.3 is 0 Å². The van der Waals surface area contributed by atoms with Crippen LogP contribution >= 0.6 is 11.3 Å². The summed E-state index contributed by atoms with van der Waals surface area (Å²) in [5.74, 6) is -0.0580. The van der Waals surface area contributed by atoms with Crippen molar-refractivity contribution >= 4 is 23.2 Å². The Kier molecular flexibility index (Phi) is 4.33. The molecule has 0 fully saturated rings. The molecular weight excluding hydrogens is 250 g/mol. The lowest BCUT2D eigenvalue weighted by molar-refractivity contribution is -0.131. The highest BCUT2D eigenvalue weighted by Crippen LogP contribution is 2.23. The van der Waals surface area contributed by atoms with Crippen LogP contribution in [0.3, 0.4) is 0 Å². The second-order valence-electron chi connectivity index (χ2n) is 4.21. The third-order valence-corrected chi connectivity index (χ3v) is 4.02. The monoisotopic (exact) mass is 267 g/mol. The first-order chi connectivity index (χ1) is 8.70. The number of nitrogens with zero attached hydrogens (tertiary/aromatic N) is 1. The molecule has 2 N–H and O–H groups in total. The van der Waals surface area contributed by atoms with Crippen molar-refractivity contribution in [3.63, 3.8) is 0 Å².